The van der Waals surface area contributed by atoms with Gasteiger partial charge < -0.3 is 10.6 Å². The molecule has 0 aromatic heterocycles. The zero-order valence-electron chi connectivity index (χ0n) is 10.8. The molecule has 0 radical (unpaired) electrons. The number of primary amides is 1. The van der Waals surface area contributed by atoms with E-state index in [1.165, 1.54) is 12.8 Å². The van der Waals surface area contributed by atoms with Gasteiger partial charge in [-0.25, -0.2) is 0 Å². The summed E-state index contributed by atoms with van der Waals surface area (Å²) in [4.78, 5) is 24.4. The minimum Gasteiger partial charge on any atom is -0.370 e. The molecule has 4 heteroatoms. The summed E-state index contributed by atoms with van der Waals surface area (Å²) in [7, 11) is 0. The molecule has 1 unspecified atom stereocenters. The summed E-state index contributed by atoms with van der Waals surface area (Å²) in [5.74, 6) is 0.661. The summed E-state index contributed by atoms with van der Waals surface area (Å²) in [5, 5.41) is 0. The molecule has 1 saturated heterocycles. The third-order valence-corrected chi connectivity index (χ3v) is 3.47. The van der Waals surface area contributed by atoms with Crippen LogP contribution >= 0.6 is 0 Å². The Balaban J connectivity index is 2.34. The molecule has 1 atom stereocenters. The topological polar surface area (TPSA) is 63.4 Å². The van der Waals surface area contributed by atoms with Gasteiger partial charge in [0.25, 0.3) is 0 Å². The van der Waals surface area contributed by atoms with Crippen molar-refractivity contribution in [2.75, 3.05) is 13.1 Å². The lowest BCUT2D eigenvalue weighted by Crippen LogP contribution is -2.31. The molecule has 1 fully saturated rings. The van der Waals surface area contributed by atoms with Crippen molar-refractivity contribution < 1.29 is 9.59 Å². The van der Waals surface area contributed by atoms with Crippen LogP contribution < -0.4 is 5.73 Å². The first-order chi connectivity index (χ1) is 8.13. The Morgan fingerprint density at radius 3 is 2.88 bits per heavy atom. The van der Waals surface area contributed by atoms with E-state index in [-0.39, 0.29) is 11.8 Å². The number of nitrogens with two attached hydrogens (primary N) is 1. The molecule has 1 aliphatic rings. The van der Waals surface area contributed by atoms with Crippen LogP contribution in [0.1, 0.15) is 51.9 Å². The maximum atomic E-state index is 11.8. The van der Waals surface area contributed by atoms with Gasteiger partial charge in [0, 0.05) is 25.9 Å². The summed E-state index contributed by atoms with van der Waals surface area (Å²) in [6.07, 6.45) is 6.29. The number of amides is 2. The van der Waals surface area contributed by atoms with Gasteiger partial charge in [0.2, 0.25) is 11.8 Å². The number of hydrogen-bond donors (Lipinski definition) is 1. The molecule has 0 aromatic carbocycles. The lowest BCUT2D eigenvalue weighted by molar-refractivity contribution is -0.131. The molecule has 0 spiro atoms. The Morgan fingerprint density at radius 1 is 1.47 bits per heavy atom. The zero-order valence-corrected chi connectivity index (χ0v) is 10.8. The molecule has 0 aliphatic carbocycles. The Hall–Kier alpha value is -1.06. The molecule has 98 valence electrons. The first-order valence-corrected chi connectivity index (χ1v) is 6.69. The Labute approximate surface area is 104 Å². The number of nitrogens with zero attached hydrogens (tertiary/aromatic N) is 1. The number of carbonyl (C=O) groups excluding carboxylic acids is 2. The molecule has 0 bridgehead atoms. The van der Waals surface area contributed by atoms with E-state index in [1.54, 1.807) is 0 Å². The normalized spacial score (nSPS) is 21.4. The average molecular weight is 240 g/mol. The summed E-state index contributed by atoms with van der Waals surface area (Å²) in [5.41, 5.74) is 5.09. The number of likely N-dealkylation sites (tertiary alicyclic amines) is 1. The van der Waals surface area contributed by atoms with Gasteiger partial charge in [-0.05, 0) is 25.2 Å². The maximum Gasteiger partial charge on any atom is 0.222 e. The molecular weight excluding hydrogens is 216 g/mol. The van der Waals surface area contributed by atoms with E-state index in [2.05, 4.69) is 6.92 Å². The van der Waals surface area contributed by atoms with Gasteiger partial charge in [-0.3, -0.25) is 9.59 Å². The quantitative estimate of drug-likeness (QED) is 0.767. The fourth-order valence-corrected chi connectivity index (χ4v) is 2.47. The molecule has 0 saturated carbocycles. The van der Waals surface area contributed by atoms with E-state index >= 15 is 0 Å². The number of hydrogen-bond acceptors (Lipinski definition) is 2. The zero-order chi connectivity index (χ0) is 12.7. The minimum absolute atomic E-state index is 0.244. The molecule has 4 nitrogen and oxygen atoms in total. The van der Waals surface area contributed by atoms with Gasteiger partial charge in [-0.2, -0.15) is 0 Å². The molecule has 1 rings (SSSR count). The minimum atomic E-state index is -0.281. The highest BCUT2D eigenvalue weighted by atomic mass is 16.2. The third kappa shape index (κ3) is 5.20. The van der Waals surface area contributed by atoms with Crippen molar-refractivity contribution in [1.82, 2.24) is 4.90 Å². The van der Waals surface area contributed by atoms with Crippen LogP contribution in [0.4, 0.5) is 0 Å². The van der Waals surface area contributed by atoms with E-state index in [0.717, 1.165) is 19.4 Å². The summed E-state index contributed by atoms with van der Waals surface area (Å²) < 4.78 is 0. The Kier molecular flexibility index (Phi) is 6.01. The first kappa shape index (κ1) is 14.0. The lowest BCUT2D eigenvalue weighted by atomic mass is 9.96. The van der Waals surface area contributed by atoms with Gasteiger partial charge in [0.05, 0.1) is 0 Å². The number of rotatable bonds is 6. The molecule has 17 heavy (non-hydrogen) atoms. The molecule has 2 N–H and O–H groups in total. The van der Waals surface area contributed by atoms with Crippen molar-refractivity contribution >= 4 is 11.8 Å². The van der Waals surface area contributed by atoms with Crippen molar-refractivity contribution in [3.05, 3.63) is 0 Å². The summed E-state index contributed by atoms with van der Waals surface area (Å²) in [6.45, 7) is 3.72. The Bertz CT molecular complexity index is 266. The Morgan fingerprint density at radius 2 is 2.24 bits per heavy atom. The summed E-state index contributed by atoms with van der Waals surface area (Å²) >= 11 is 0. The van der Waals surface area contributed by atoms with Gasteiger partial charge in [-0.15, -0.1) is 0 Å². The van der Waals surface area contributed by atoms with Crippen molar-refractivity contribution in [3.63, 3.8) is 0 Å². The average Bonchev–Trinajstić information content (AvgIpc) is 2.44. The largest absolute Gasteiger partial charge is 0.370 e. The maximum absolute atomic E-state index is 11.8. The highest BCUT2D eigenvalue weighted by Crippen LogP contribution is 2.22. The molecule has 1 heterocycles. The molecule has 2 amide bonds. The van der Waals surface area contributed by atoms with Crippen molar-refractivity contribution in [2.24, 2.45) is 11.7 Å². The first-order valence-electron chi connectivity index (χ1n) is 6.69. The van der Waals surface area contributed by atoms with Crippen LogP contribution in [0.15, 0.2) is 0 Å². The molecule has 0 aromatic rings. The van der Waals surface area contributed by atoms with Crippen molar-refractivity contribution in [2.45, 2.75) is 51.9 Å². The van der Waals surface area contributed by atoms with E-state index in [4.69, 9.17) is 5.73 Å². The van der Waals surface area contributed by atoms with E-state index in [9.17, 15) is 9.59 Å². The molecular formula is C13H24N2O2. The van der Waals surface area contributed by atoms with Gasteiger partial charge in [-0.1, -0.05) is 19.8 Å². The van der Waals surface area contributed by atoms with E-state index in [1.807, 2.05) is 4.90 Å². The van der Waals surface area contributed by atoms with E-state index < -0.39 is 0 Å². The highest BCUT2D eigenvalue weighted by molar-refractivity contribution is 5.76. The second-order valence-corrected chi connectivity index (χ2v) is 4.93. The predicted molar refractivity (Wildman–Crippen MR) is 67.3 cm³/mol. The van der Waals surface area contributed by atoms with Gasteiger partial charge in [0.15, 0.2) is 0 Å². The van der Waals surface area contributed by atoms with Crippen LogP contribution in [0.2, 0.25) is 0 Å². The smallest absolute Gasteiger partial charge is 0.222 e. The predicted octanol–water partition coefficient (Wildman–Crippen LogP) is 1.68. The van der Waals surface area contributed by atoms with Crippen LogP contribution in [-0.4, -0.2) is 29.8 Å². The standard InChI is InChI=1S/C13H24N2O2/c1-2-4-11-6-7-13(17)15(10-8-11)9-3-5-12(14)16/h11H,2-10H2,1H3,(H2,14,16). The van der Waals surface area contributed by atoms with Crippen LogP contribution in [0.5, 0.6) is 0 Å². The van der Waals surface area contributed by atoms with E-state index in [0.29, 0.717) is 31.7 Å². The lowest BCUT2D eigenvalue weighted by Gasteiger charge is -2.20. The van der Waals surface area contributed by atoms with Crippen LogP contribution in [-0.2, 0) is 9.59 Å². The van der Waals surface area contributed by atoms with Gasteiger partial charge >= 0.3 is 0 Å². The second kappa shape index (κ2) is 7.30. The van der Waals surface area contributed by atoms with Crippen LogP contribution in [0.3, 0.4) is 0 Å². The fourth-order valence-electron chi connectivity index (χ4n) is 2.47. The van der Waals surface area contributed by atoms with Crippen molar-refractivity contribution in [3.8, 4) is 0 Å². The fraction of sp³-hybridized carbons (Fsp3) is 0.846. The second-order valence-electron chi connectivity index (χ2n) is 4.93. The monoisotopic (exact) mass is 240 g/mol. The van der Waals surface area contributed by atoms with Gasteiger partial charge in [0.1, 0.15) is 0 Å². The number of carbonyl (C=O) groups is 2. The summed E-state index contributed by atoms with van der Waals surface area (Å²) in [6, 6.07) is 0. The third-order valence-electron chi connectivity index (χ3n) is 3.47. The van der Waals surface area contributed by atoms with Crippen LogP contribution in [0, 0.1) is 5.92 Å². The SMILES string of the molecule is CCCC1CCC(=O)N(CCCC(N)=O)CC1. The van der Waals surface area contributed by atoms with Crippen molar-refractivity contribution in [1.29, 1.82) is 0 Å². The molecule has 1 aliphatic heterocycles. The highest BCUT2D eigenvalue weighted by Gasteiger charge is 2.21. The van der Waals surface area contributed by atoms with Crippen LogP contribution in [0.25, 0.3) is 0 Å².